The maximum atomic E-state index is 11.7. The highest BCUT2D eigenvalue weighted by molar-refractivity contribution is 5.84. The molecule has 0 aliphatic heterocycles. The molecule has 0 spiro atoms. The number of carbonyl (C=O) groups is 1. The fourth-order valence-corrected chi connectivity index (χ4v) is 1.62. The van der Waals surface area contributed by atoms with Crippen LogP contribution in [0, 0.1) is 11.3 Å². The third kappa shape index (κ3) is 4.97. The number of carbonyl (C=O) groups excluding carboxylic acids is 1. The van der Waals surface area contributed by atoms with Crippen molar-refractivity contribution in [3.63, 3.8) is 0 Å². The molecule has 0 unspecified atom stereocenters. The zero-order valence-electron chi connectivity index (χ0n) is 13.0. The van der Waals surface area contributed by atoms with Crippen LogP contribution >= 0.6 is 0 Å². The van der Waals surface area contributed by atoms with E-state index in [9.17, 15) is 4.79 Å². The molecule has 0 saturated carbocycles. The molecule has 1 amide bonds. The van der Waals surface area contributed by atoms with Crippen LogP contribution in [0.3, 0.4) is 0 Å². The van der Waals surface area contributed by atoms with Crippen LogP contribution < -0.4 is 10.1 Å². The Bertz CT molecular complexity index is 730. The number of benzene rings is 1. The lowest BCUT2D eigenvalue weighted by atomic mass is 10.2. The van der Waals surface area contributed by atoms with Crippen molar-refractivity contribution in [1.29, 1.82) is 5.26 Å². The van der Waals surface area contributed by atoms with E-state index in [0.29, 0.717) is 11.4 Å². The Morgan fingerprint density at radius 2 is 1.83 bits per heavy atom. The molecule has 1 heterocycles. The molecule has 0 fully saturated rings. The first-order chi connectivity index (χ1) is 10.9. The molecule has 7 heteroatoms. The fraction of sp³-hybridized carbons (Fsp3) is 0.250. The summed E-state index contributed by atoms with van der Waals surface area (Å²) in [5.74, 6) is 0.597. The number of aromatic nitrogens is 2. The molecule has 1 aromatic heterocycles. The molecule has 1 N–H and O–H groups in total. The quantitative estimate of drug-likeness (QED) is 0.931. The van der Waals surface area contributed by atoms with Gasteiger partial charge in [0.15, 0.2) is 0 Å². The summed E-state index contributed by atoms with van der Waals surface area (Å²) in [7, 11) is 0. The number of hydrogen-bond donors (Lipinski definition) is 1. The number of nitriles is 1. The summed E-state index contributed by atoms with van der Waals surface area (Å²) in [6, 6.07) is 8.49. The largest absolute Gasteiger partial charge is 0.444 e. The Morgan fingerprint density at radius 3 is 2.43 bits per heavy atom. The number of ether oxygens (including phenoxy) is 2. The van der Waals surface area contributed by atoms with E-state index in [4.69, 9.17) is 14.7 Å². The predicted octanol–water partition coefficient (Wildman–Crippen LogP) is 3.49. The first kappa shape index (κ1) is 16.2. The topological polar surface area (TPSA) is 97.1 Å². The molecule has 0 saturated heterocycles. The van der Waals surface area contributed by atoms with Crippen LogP contribution in [0.15, 0.2) is 36.7 Å². The second kappa shape index (κ2) is 6.75. The van der Waals surface area contributed by atoms with Gasteiger partial charge in [-0.25, -0.2) is 14.8 Å². The van der Waals surface area contributed by atoms with Gasteiger partial charge in [0.2, 0.25) is 5.69 Å². The Labute approximate surface area is 133 Å². The maximum Gasteiger partial charge on any atom is 0.412 e. The SMILES string of the molecule is CC(C)(C)OC(=O)Nc1ccc(Oc2nccnc2C#N)cc1. The number of anilines is 1. The zero-order valence-corrected chi connectivity index (χ0v) is 13.0. The van der Waals surface area contributed by atoms with Gasteiger partial charge in [0.25, 0.3) is 5.88 Å². The van der Waals surface area contributed by atoms with E-state index in [1.54, 1.807) is 45.0 Å². The van der Waals surface area contributed by atoms with Gasteiger partial charge in [-0.2, -0.15) is 5.26 Å². The van der Waals surface area contributed by atoms with Crippen LogP contribution in [0.2, 0.25) is 0 Å². The summed E-state index contributed by atoms with van der Waals surface area (Å²) in [5.41, 5.74) is 0.0991. The molecule has 0 aliphatic rings. The number of amides is 1. The summed E-state index contributed by atoms with van der Waals surface area (Å²) in [5, 5.41) is 11.6. The van der Waals surface area contributed by atoms with Crippen LogP contribution in [0.5, 0.6) is 11.6 Å². The third-order valence-corrected chi connectivity index (χ3v) is 2.48. The minimum absolute atomic E-state index is 0.100. The van der Waals surface area contributed by atoms with Crippen molar-refractivity contribution in [2.24, 2.45) is 0 Å². The van der Waals surface area contributed by atoms with Crippen molar-refractivity contribution in [1.82, 2.24) is 9.97 Å². The van der Waals surface area contributed by atoms with Crippen molar-refractivity contribution < 1.29 is 14.3 Å². The Hall–Kier alpha value is -3.14. The molecule has 0 radical (unpaired) electrons. The van der Waals surface area contributed by atoms with Crippen LogP contribution in [0.1, 0.15) is 26.5 Å². The highest BCUT2D eigenvalue weighted by Crippen LogP contribution is 2.23. The standard InChI is InChI=1S/C16H16N4O3/c1-16(2,3)23-15(21)20-11-4-6-12(7-5-11)22-14-13(10-17)18-8-9-19-14/h4-9H,1-3H3,(H,20,21). The van der Waals surface area contributed by atoms with Gasteiger partial charge in [-0.05, 0) is 45.0 Å². The van der Waals surface area contributed by atoms with Gasteiger partial charge in [-0.1, -0.05) is 0 Å². The molecule has 23 heavy (non-hydrogen) atoms. The minimum atomic E-state index is -0.563. The van der Waals surface area contributed by atoms with Gasteiger partial charge in [0.1, 0.15) is 17.4 Å². The molecule has 0 atom stereocenters. The number of rotatable bonds is 3. The van der Waals surface area contributed by atoms with Crippen LogP contribution in [0.25, 0.3) is 0 Å². The summed E-state index contributed by atoms with van der Waals surface area (Å²) < 4.78 is 10.7. The summed E-state index contributed by atoms with van der Waals surface area (Å²) in [6.45, 7) is 5.37. The highest BCUT2D eigenvalue weighted by Gasteiger charge is 2.16. The average Bonchev–Trinajstić information content (AvgIpc) is 2.48. The van der Waals surface area contributed by atoms with E-state index in [1.165, 1.54) is 12.4 Å². The summed E-state index contributed by atoms with van der Waals surface area (Å²) in [6.07, 6.45) is 2.32. The summed E-state index contributed by atoms with van der Waals surface area (Å²) >= 11 is 0. The molecular weight excluding hydrogens is 296 g/mol. The van der Waals surface area contributed by atoms with Crippen molar-refractivity contribution in [3.05, 3.63) is 42.4 Å². The molecule has 1 aromatic carbocycles. The first-order valence-electron chi connectivity index (χ1n) is 6.86. The smallest absolute Gasteiger partial charge is 0.412 e. The third-order valence-electron chi connectivity index (χ3n) is 2.48. The molecule has 118 valence electrons. The highest BCUT2D eigenvalue weighted by atomic mass is 16.6. The number of nitrogens with one attached hydrogen (secondary N) is 1. The monoisotopic (exact) mass is 312 g/mol. The van der Waals surface area contributed by atoms with Gasteiger partial charge in [0.05, 0.1) is 0 Å². The van der Waals surface area contributed by atoms with Gasteiger partial charge in [0, 0.05) is 18.1 Å². The van der Waals surface area contributed by atoms with Gasteiger partial charge in [-0.3, -0.25) is 5.32 Å². The second-order valence-electron chi connectivity index (χ2n) is 5.58. The first-order valence-corrected chi connectivity index (χ1v) is 6.86. The molecule has 7 nitrogen and oxygen atoms in total. The fourth-order valence-electron chi connectivity index (χ4n) is 1.62. The maximum absolute atomic E-state index is 11.7. The van der Waals surface area contributed by atoms with E-state index in [0.717, 1.165) is 0 Å². The van der Waals surface area contributed by atoms with Crippen LogP contribution in [-0.4, -0.2) is 21.7 Å². The van der Waals surface area contributed by atoms with E-state index in [-0.39, 0.29) is 11.6 Å². The van der Waals surface area contributed by atoms with E-state index in [2.05, 4.69) is 15.3 Å². The Balaban J connectivity index is 2.03. The van der Waals surface area contributed by atoms with Gasteiger partial charge < -0.3 is 9.47 Å². The van der Waals surface area contributed by atoms with Crippen molar-refractivity contribution in [2.75, 3.05) is 5.32 Å². The molecule has 2 rings (SSSR count). The predicted molar refractivity (Wildman–Crippen MR) is 83.1 cm³/mol. The van der Waals surface area contributed by atoms with Crippen LogP contribution in [0.4, 0.5) is 10.5 Å². The lowest BCUT2D eigenvalue weighted by molar-refractivity contribution is 0.0636. The lowest BCUT2D eigenvalue weighted by Crippen LogP contribution is -2.27. The van der Waals surface area contributed by atoms with Crippen LogP contribution in [-0.2, 0) is 4.74 Å². The van der Waals surface area contributed by atoms with E-state index < -0.39 is 11.7 Å². The number of nitrogens with zero attached hydrogens (tertiary/aromatic N) is 3. The molecule has 0 aliphatic carbocycles. The van der Waals surface area contributed by atoms with E-state index >= 15 is 0 Å². The average molecular weight is 312 g/mol. The molecular formula is C16H16N4O3. The van der Waals surface area contributed by atoms with Crippen molar-refractivity contribution in [2.45, 2.75) is 26.4 Å². The molecule has 2 aromatic rings. The minimum Gasteiger partial charge on any atom is -0.444 e. The van der Waals surface area contributed by atoms with Crippen molar-refractivity contribution >= 4 is 11.8 Å². The van der Waals surface area contributed by atoms with Gasteiger partial charge >= 0.3 is 6.09 Å². The summed E-state index contributed by atoms with van der Waals surface area (Å²) in [4.78, 5) is 19.5. The normalized spacial score (nSPS) is 10.5. The Morgan fingerprint density at radius 1 is 1.17 bits per heavy atom. The second-order valence-corrected chi connectivity index (χ2v) is 5.58. The van der Waals surface area contributed by atoms with Crippen molar-refractivity contribution in [3.8, 4) is 17.7 Å². The molecule has 0 bridgehead atoms. The zero-order chi connectivity index (χ0) is 16.9. The van der Waals surface area contributed by atoms with Gasteiger partial charge in [-0.15, -0.1) is 0 Å². The number of hydrogen-bond acceptors (Lipinski definition) is 6. The Kier molecular flexibility index (Phi) is 4.76. The lowest BCUT2D eigenvalue weighted by Gasteiger charge is -2.19. The van der Waals surface area contributed by atoms with E-state index in [1.807, 2.05) is 6.07 Å².